The first-order chi connectivity index (χ1) is 19.1. The van der Waals surface area contributed by atoms with Crippen LogP contribution in [0.2, 0.25) is 0 Å². The topological polar surface area (TPSA) is 37.2 Å². The van der Waals surface area contributed by atoms with Crippen LogP contribution in [0, 0.1) is 13.8 Å². The number of hydrogen-bond acceptors (Lipinski definition) is 3. The van der Waals surface area contributed by atoms with Crippen LogP contribution in [-0.2, 0) is 0 Å². The van der Waals surface area contributed by atoms with Crippen LogP contribution < -0.4 is 9.64 Å². The van der Waals surface area contributed by atoms with Gasteiger partial charge in [0.25, 0.3) is 0 Å². The number of benzene rings is 5. The van der Waals surface area contributed by atoms with Crippen LogP contribution >= 0.6 is 0 Å². The molecule has 0 amide bonds. The van der Waals surface area contributed by atoms with Crippen molar-refractivity contribution in [2.24, 2.45) is 9.98 Å². The Hall–Kier alpha value is -4.96. The van der Waals surface area contributed by atoms with E-state index in [0.29, 0.717) is 0 Å². The van der Waals surface area contributed by atoms with Crippen molar-refractivity contribution in [2.45, 2.75) is 13.8 Å². The third-order valence-corrected chi connectivity index (χ3v) is 6.36. The zero-order valence-electron chi connectivity index (χ0n) is 22.5. The minimum Gasteiger partial charge on any atom is -0.497 e. The SMILES string of the molecule is COc1ccc(N=C(c2ccccc2)N(C(=Nc2ccc(C)cc2)c2ccccc2)c2ccc(C)cc2)cc1. The average molecular weight is 510 g/mol. The molecule has 4 nitrogen and oxygen atoms in total. The monoisotopic (exact) mass is 509 g/mol. The van der Waals surface area contributed by atoms with Crippen LogP contribution in [0.25, 0.3) is 0 Å². The number of rotatable bonds is 6. The van der Waals surface area contributed by atoms with Crippen molar-refractivity contribution in [3.63, 3.8) is 0 Å². The van der Waals surface area contributed by atoms with E-state index in [1.165, 1.54) is 11.1 Å². The van der Waals surface area contributed by atoms with Gasteiger partial charge in [-0.25, -0.2) is 9.98 Å². The Morgan fingerprint density at radius 3 is 1.36 bits per heavy atom. The largest absolute Gasteiger partial charge is 0.497 e. The Bertz CT molecular complexity index is 1560. The number of aliphatic imine (C=N–C) groups is 2. The Labute approximate surface area is 230 Å². The van der Waals surface area contributed by atoms with E-state index in [2.05, 4.69) is 91.5 Å². The molecule has 0 atom stereocenters. The maximum atomic E-state index is 5.38. The van der Waals surface area contributed by atoms with E-state index in [9.17, 15) is 0 Å². The van der Waals surface area contributed by atoms with E-state index in [4.69, 9.17) is 14.7 Å². The smallest absolute Gasteiger partial charge is 0.146 e. The van der Waals surface area contributed by atoms with E-state index in [0.717, 1.165) is 45.6 Å². The molecule has 5 rings (SSSR count). The molecule has 0 bridgehead atoms. The Balaban J connectivity index is 1.79. The predicted molar refractivity (Wildman–Crippen MR) is 163 cm³/mol. The lowest BCUT2D eigenvalue weighted by atomic mass is 10.1. The van der Waals surface area contributed by atoms with Crippen molar-refractivity contribution < 1.29 is 4.74 Å². The fraction of sp³-hybridized carbons (Fsp3) is 0.0857. The molecule has 0 N–H and O–H groups in total. The van der Waals surface area contributed by atoms with Crippen LogP contribution in [0.15, 0.2) is 143 Å². The summed E-state index contributed by atoms with van der Waals surface area (Å²) in [5.74, 6) is 2.33. The summed E-state index contributed by atoms with van der Waals surface area (Å²) in [7, 11) is 1.67. The lowest BCUT2D eigenvalue weighted by molar-refractivity contribution is 0.415. The number of nitrogens with zero attached hydrogens (tertiary/aromatic N) is 3. The molecule has 39 heavy (non-hydrogen) atoms. The maximum Gasteiger partial charge on any atom is 0.146 e. The molecular weight excluding hydrogens is 478 g/mol. The highest BCUT2D eigenvalue weighted by Gasteiger charge is 2.23. The van der Waals surface area contributed by atoms with Crippen molar-refractivity contribution in [2.75, 3.05) is 12.0 Å². The molecule has 0 aliphatic carbocycles. The van der Waals surface area contributed by atoms with Gasteiger partial charge in [-0.05, 0) is 62.4 Å². The summed E-state index contributed by atoms with van der Waals surface area (Å²) >= 11 is 0. The third kappa shape index (κ3) is 6.31. The fourth-order valence-corrected chi connectivity index (χ4v) is 4.22. The first-order valence-electron chi connectivity index (χ1n) is 13.0. The quantitative estimate of drug-likeness (QED) is 0.170. The van der Waals surface area contributed by atoms with Crippen molar-refractivity contribution in [3.05, 3.63) is 156 Å². The summed E-state index contributed by atoms with van der Waals surface area (Å²) in [6.45, 7) is 4.18. The van der Waals surface area contributed by atoms with E-state index < -0.39 is 0 Å². The van der Waals surface area contributed by atoms with E-state index in [-0.39, 0.29) is 0 Å². The predicted octanol–water partition coefficient (Wildman–Crippen LogP) is 8.68. The van der Waals surface area contributed by atoms with Crippen molar-refractivity contribution in [1.29, 1.82) is 0 Å². The molecule has 0 radical (unpaired) electrons. The molecule has 0 fully saturated rings. The summed E-state index contributed by atoms with van der Waals surface area (Å²) in [6, 6.07) is 45.1. The number of hydrogen-bond donors (Lipinski definition) is 0. The fourth-order valence-electron chi connectivity index (χ4n) is 4.22. The highest BCUT2D eigenvalue weighted by molar-refractivity contribution is 6.30. The second-order valence-electron chi connectivity index (χ2n) is 9.31. The van der Waals surface area contributed by atoms with Crippen molar-refractivity contribution in [3.8, 4) is 5.75 Å². The van der Waals surface area contributed by atoms with Crippen molar-refractivity contribution >= 4 is 28.7 Å². The molecule has 5 aromatic rings. The first-order valence-corrected chi connectivity index (χ1v) is 13.0. The van der Waals surface area contributed by atoms with Gasteiger partial charge in [0.05, 0.1) is 18.5 Å². The number of aryl methyl sites for hydroxylation is 2. The molecule has 4 heteroatoms. The molecule has 0 aliphatic rings. The second-order valence-corrected chi connectivity index (χ2v) is 9.31. The summed E-state index contributed by atoms with van der Waals surface area (Å²) in [5.41, 5.74) is 6.98. The van der Waals surface area contributed by atoms with E-state index in [1.807, 2.05) is 60.7 Å². The number of anilines is 1. The molecule has 0 saturated heterocycles. The van der Waals surface area contributed by atoms with Crippen LogP contribution in [0.1, 0.15) is 22.3 Å². The van der Waals surface area contributed by atoms with Gasteiger partial charge >= 0.3 is 0 Å². The molecular formula is C35H31N3O. The van der Waals surface area contributed by atoms with Gasteiger partial charge in [-0.15, -0.1) is 0 Å². The van der Waals surface area contributed by atoms with Crippen molar-refractivity contribution in [1.82, 2.24) is 0 Å². The minimum atomic E-state index is 0.763. The zero-order valence-corrected chi connectivity index (χ0v) is 22.5. The highest BCUT2D eigenvalue weighted by Crippen LogP contribution is 2.27. The maximum absolute atomic E-state index is 5.38. The summed E-state index contributed by atoms with van der Waals surface area (Å²) < 4.78 is 5.38. The number of amidine groups is 2. The van der Waals surface area contributed by atoms with Gasteiger partial charge in [0.2, 0.25) is 0 Å². The van der Waals surface area contributed by atoms with E-state index in [1.54, 1.807) is 7.11 Å². The van der Waals surface area contributed by atoms with Crippen LogP contribution in [-0.4, -0.2) is 18.8 Å². The van der Waals surface area contributed by atoms with Gasteiger partial charge in [-0.2, -0.15) is 0 Å². The number of methoxy groups -OCH3 is 1. The Morgan fingerprint density at radius 1 is 0.513 bits per heavy atom. The summed E-state index contributed by atoms with van der Waals surface area (Å²) in [6.07, 6.45) is 0. The minimum absolute atomic E-state index is 0.763. The average Bonchev–Trinajstić information content (AvgIpc) is 2.99. The standard InChI is InChI=1S/C35H31N3O/c1-26-14-18-30(19-15-26)36-34(28-10-6-4-7-11-28)38(32-22-16-27(2)17-23-32)35(29-12-8-5-9-13-29)37-31-20-24-33(39-3)25-21-31/h4-25H,1-3H3. The molecule has 0 aliphatic heterocycles. The van der Waals surface area contributed by atoms with Gasteiger partial charge in [0.1, 0.15) is 17.4 Å². The molecule has 0 unspecified atom stereocenters. The number of ether oxygens (including phenoxy) is 1. The second kappa shape index (κ2) is 12.1. The normalized spacial score (nSPS) is 11.8. The van der Waals surface area contributed by atoms with Gasteiger partial charge in [0, 0.05) is 16.8 Å². The summed E-state index contributed by atoms with van der Waals surface area (Å²) in [4.78, 5) is 12.6. The van der Waals surface area contributed by atoms with Gasteiger partial charge in [-0.1, -0.05) is 96.1 Å². The Kier molecular flexibility index (Phi) is 7.94. The van der Waals surface area contributed by atoms with Gasteiger partial charge in [0.15, 0.2) is 0 Å². The molecule has 0 spiro atoms. The van der Waals surface area contributed by atoms with Crippen LogP contribution in [0.3, 0.4) is 0 Å². The Morgan fingerprint density at radius 2 is 0.923 bits per heavy atom. The molecule has 192 valence electrons. The first kappa shape index (κ1) is 25.7. The van der Waals surface area contributed by atoms with Crippen LogP contribution in [0.5, 0.6) is 5.75 Å². The van der Waals surface area contributed by atoms with E-state index >= 15 is 0 Å². The van der Waals surface area contributed by atoms with Gasteiger partial charge < -0.3 is 4.74 Å². The zero-order chi connectivity index (χ0) is 27.0. The lowest BCUT2D eigenvalue weighted by Crippen LogP contribution is -2.38. The lowest BCUT2D eigenvalue weighted by Gasteiger charge is -2.28. The van der Waals surface area contributed by atoms with Gasteiger partial charge in [-0.3, -0.25) is 4.90 Å². The highest BCUT2D eigenvalue weighted by atomic mass is 16.5. The molecule has 0 heterocycles. The molecule has 0 saturated carbocycles. The van der Waals surface area contributed by atoms with Crippen LogP contribution in [0.4, 0.5) is 17.1 Å². The molecule has 5 aromatic carbocycles. The molecule has 0 aromatic heterocycles. The summed E-state index contributed by atoms with van der Waals surface area (Å²) in [5, 5.41) is 0. The third-order valence-electron chi connectivity index (χ3n) is 6.36.